The van der Waals surface area contributed by atoms with Crippen LogP contribution in [0.4, 0.5) is 0 Å². The van der Waals surface area contributed by atoms with Gasteiger partial charge in [0.1, 0.15) is 11.9 Å². The van der Waals surface area contributed by atoms with E-state index in [-0.39, 0.29) is 17.9 Å². The number of amides is 2. The number of nitrogens with one attached hydrogen (secondary N) is 2. The lowest BCUT2D eigenvalue weighted by Crippen LogP contribution is -2.54. The van der Waals surface area contributed by atoms with Crippen molar-refractivity contribution < 1.29 is 9.59 Å². The summed E-state index contributed by atoms with van der Waals surface area (Å²) in [6.45, 7) is 5.38. The number of carbonyl (C=O) groups excluding carboxylic acids is 2. The molecule has 0 spiro atoms. The van der Waals surface area contributed by atoms with E-state index in [9.17, 15) is 14.4 Å². The highest BCUT2D eigenvalue weighted by Crippen LogP contribution is 2.61. The second-order valence-electron chi connectivity index (χ2n) is 14.0. The predicted octanol–water partition coefficient (Wildman–Crippen LogP) is 5.76. The van der Waals surface area contributed by atoms with E-state index in [2.05, 4.69) is 28.6 Å². The van der Waals surface area contributed by atoms with Gasteiger partial charge in [-0.25, -0.2) is 4.98 Å². The van der Waals surface area contributed by atoms with Crippen molar-refractivity contribution in [3.63, 3.8) is 0 Å². The first-order valence-corrected chi connectivity index (χ1v) is 16.4. The normalized spacial score (nSPS) is 29.7. The molecule has 41 heavy (non-hydrogen) atoms. The van der Waals surface area contributed by atoms with E-state index >= 15 is 0 Å². The van der Waals surface area contributed by atoms with Gasteiger partial charge in [0.25, 0.3) is 5.56 Å². The first-order chi connectivity index (χ1) is 19.8. The fraction of sp³-hybridized carbons (Fsp3) is 0.706. The van der Waals surface area contributed by atoms with Crippen molar-refractivity contribution in [2.24, 2.45) is 23.2 Å². The molecule has 2 aromatic rings. The highest BCUT2D eigenvalue weighted by molar-refractivity contribution is 5.99. The van der Waals surface area contributed by atoms with Crippen molar-refractivity contribution in [2.45, 2.75) is 122 Å². The number of fused-ring (bicyclic) bond motifs is 1. The number of unbranched alkanes of at least 4 members (excludes halogenated alkanes) is 5. The van der Waals surface area contributed by atoms with E-state index < -0.39 is 11.9 Å². The largest absolute Gasteiger partial charge is 0.314 e. The summed E-state index contributed by atoms with van der Waals surface area (Å²) < 4.78 is 1.46. The van der Waals surface area contributed by atoms with Gasteiger partial charge in [-0.15, -0.1) is 0 Å². The molecule has 2 N–H and O–H groups in total. The minimum Gasteiger partial charge on any atom is -0.314 e. The molecule has 4 saturated carbocycles. The molecule has 1 aromatic carbocycles. The highest BCUT2D eigenvalue weighted by atomic mass is 16.2. The highest BCUT2D eigenvalue weighted by Gasteiger charge is 2.52. The number of rotatable bonds is 12. The molecule has 2 atom stereocenters. The van der Waals surface area contributed by atoms with Gasteiger partial charge in [-0.3, -0.25) is 24.3 Å². The van der Waals surface area contributed by atoms with Crippen molar-refractivity contribution in [3.05, 3.63) is 39.9 Å². The van der Waals surface area contributed by atoms with Gasteiger partial charge in [0.15, 0.2) is 0 Å². The summed E-state index contributed by atoms with van der Waals surface area (Å²) in [5, 5.41) is 6.85. The third-order valence-corrected chi connectivity index (χ3v) is 11.0. The van der Waals surface area contributed by atoms with Crippen LogP contribution in [0.25, 0.3) is 10.9 Å². The van der Waals surface area contributed by atoms with Crippen LogP contribution in [-0.4, -0.2) is 34.0 Å². The van der Waals surface area contributed by atoms with Gasteiger partial charge in [0, 0.05) is 12.5 Å². The Morgan fingerprint density at radius 1 is 0.976 bits per heavy atom. The van der Waals surface area contributed by atoms with E-state index in [1.165, 1.54) is 75.2 Å². The zero-order valence-electron chi connectivity index (χ0n) is 25.1. The van der Waals surface area contributed by atoms with Crippen molar-refractivity contribution in [2.75, 3.05) is 6.54 Å². The molecular weight excluding hydrogens is 512 g/mol. The molecule has 222 valence electrons. The van der Waals surface area contributed by atoms with E-state index in [1.54, 1.807) is 6.92 Å². The van der Waals surface area contributed by atoms with Gasteiger partial charge in [-0.05, 0) is 125 Å². The maximum atomic E-state index is 13.4. The van der Waals surface area contributed by atoms with Crippen molar-refractivity contribution in [1.82, 2.24) is 20.2 Å². The molecule has 2 amide bonds. The number of hydrogen-bond donors (Lipinski definition) is 2. The molecule has 0 radical (unpaired) electrons. The molecule has 1 aliphatic heterocycles. The molecule has 7 rings (SSSR count). The average Bonchev–Trinajstić information content (AvgIpc) is 2.92. The van der Waals surface area contributed by atoms with E-state index in [4.69, 9.17) is 0 Å². The second-order valence-corrected chi connectivity index (χ2v) is 14.0. The van der Waals surface area contributed by atoms with Crippen LogP contribution >= 0.6 is 0 Å². The molecule has 4 aliphatic carbocycles. The summed E-state index contributed by atoms with van der Waals surface area (Å²) in [5.41, 5.74) is 2.20. The molecule has 0 unspecified atom stereocenters. The second kappa shape index (κ2) is 12.0. The minimum absolute atomic E-state index is 0.199. The number of carbonyl (C=O) groups is 2. The smallest absolute Gasteiger partial charge is 0.262 e. The lowest BCUT2D eigenvalue weighted by atomic mass is 9.48. The number of imide groups is 1. The number of aryl methyl sites for hydroxylation is 2. The van der Waals surface area contributed by atoms with Gasteiger partial charge in [-0.2, -0.15) is 0 Å². The first kappa shape index (κ1) is 28.6. The lowest BCUT2D eigenvalue weighted by molar-refractivity contribution is -0.135. The number of benzene rings is 1. The van der Waals surface area contributed by atoms with Crippen LogP contribution in [0.1, 0.15) is 114 Å². The summed E-state index contributed by atoms with van der Waals surface area (Å²) in [5.74, 6) is 2.87. The number of nitrogens with zero attached hydrogens (tertiary/aromatic N) is 2. The Balaban J connectivity index is 0.922. The Labute approximate surface area is 244 Å². The van der Waals surface area contributed by atoms with Crippen LogP contribution in [0, 0.1) is 30.1 Å². The number of aromatic nitrogens is 2. The Kier molecular flexibility index (Phi) is 8.35. The summed E-state index contributed by atoms with van der Waals surface area (Å²) in [7, 11) is 0. The SMILES string of the molecule is Cc1nc2ccc(CCCCCCCCN[C@@H](C)C34CC5CC(CC(C5)C3)C4)cc2c(=O)n1[C@H]1CCC(=O)NC1=O. The van der Waals surface area contributed by atoms with Crippen LogP contribution in [0.3, 0.4) is 0 Å². The van der Waals surface area contributed by atoms with Gasteiger partial charge in [0.2, 0.25) is 11.8 Å². The van der Waals surface area contributed by atoms with Crippen molar-refractivity contribution in [3.8, 4) is 0 Å². The third-order valence-electron chi connectivity index (χ3n) is 11.0. The quantitative estimate of drug-likeness (QED) is 0.254. The maximum Gasteiger partial charge on any atom is 0.262 e. The van der Waals surface area contributed by atoms with Crippen molar-refractivity contribution >= 4 is 22.7 Å². The molecular formula is C34H48N4O3. The Hall–Kier alpha value is -2.54. The Morgan fingerprint density at radius 2 is 1.63 bits per heavy atom. The molecule has 2 heterocycles. The topological polar surface area (TPSA) is 93.1 Å². The molecule has 7 heteroatoms. The minimum atomic E-state index is -0.684. The molecule has 7 nitrogen and oxygen atoms in total. The maximum absolute atomic E-state index is 13.4. The van der Waals surface area contributed by atoms with Gasteiger partial charge >= 0.3 is 0 Å². The average molecular weight is 561 g/mol. The summed E-state index contributed by atoms with van der Waals surface area (Å²) in [6, 6.07) is 5.93. The summed E-state index contributed by atoms with van der Waals surface area (Å²) >= 11 is 0. The van der Waals surface area contributed by atoms with Crippen LogP contribution in [0.2, 0.25) is 0 Å². The monoisotopic (exact) mass is 560 g/mol. The third kappa shape index (κ3) is 6.02. The lowest BCUT2D eigenvalue weighted by Gasteiger charge is -2.59. The fourth-order valence-electron chi connectivity index (χ4n) is 9.21. The number of piperidine rings is 1. The molecule has 1 aromatic heterocycles. The van der Waals surface area contributed by atoms with E-state index in [0.29, 0.717) is 34.6 Å². The zero-order chi connectivity index (χ0) is 28.6. The van der Waals surface area contributed by atoms with E-state index in [0.717, 1.165) is 42.7 Å². The molecule has 4 bridgehead atoms. The van der Waals surface area contributed by atoms with Crippen LogP contribution < -0.4 is 16.2 Å². The van der Waals surface area contributed by atoms with Gasteiger partial charge < -0.3 is 5.32 Å². The van der Waals surface area contributed by atoms with Crippen LogP contribution in [0.5, 0.6) is 0 Å². The zero-order valence-corrected chi connectivity index (χ0v) is 25.1. The van der Waals surface area contributed by atoms with E-state index in [1.807, 2.05) is 12.1 Å². The standard InChI is InChI=1S/C34H48N4O3/c1-22(34-19-25-15-26(20-34)17-27(16-25)21-34)35-14-8-6-4-3-5-7-9-24-10-11-29-28(18-24)33(41)38(23(2)36-29)30-12-13-31(39)37-32(30)40/h10-11,18,22,25-27,30,35H,3-9,12-17,19-21H2,1-2H3,(H,37,39,40)/t22-,25?,26?,27?,30-,34?/m0/s1. The van der Waals surface area contributed by atoms with Gasteiger partial charge in [0.05, 0.1) is 10.9 Å². The first-order valence-electron chi connectivity index (χ1n) is 16.4. The van der Waals surface area contributed by atoms with Crippen LogP contribution in [-0.2, 0) is 16.0 Å². The van der Waals surface area contributed by atoms with Crippen molar-refractivity contribution in [1.29, 1.82) is 0 Å². The molecule has 1 saturated heterocycles. The van der Waals surface area contributed by atoms with Crippen LogP contribution in [0.15, 0.2) is 23.0 Å². The Morgan fingerprint density at radius 3 is 2.32 bits per heavy atom. The Bertz CT molecular complexity index is 1310. The molecule has 5 aliphatic rings. The summed E-state index contributed by atoms with van der Waals surface area (Å²) in [4.78, 5) is 42.0. The molecule has 5 fully saturated rings. The summed E-state index contributed by atoms with van der Waals surface area (Å²) in [6.07, 6.45) is 17.9. The predicted molar refractivity (Wildman–Crippen MR) is 162 cm³/mol. The fourth-order valence-corrected chi connectivity index (χ4v) is 9.21. The number of hydrogen-bond acceptors (Lipinski definition) is 5. The van der Waals surface area contributed by atoms with Gasteiger partial charge in [-0.1, -0.05) is 31.7 Å².